The van der Waals surface area contributed by atoms with Gasteiger partial charge in [0.15, 0.2) is 0 Å². The SMILES string of the molecule is CNC1CCN(C2CC(C)CC(C)C2)C(C)C1C. The Balaban J connectivity index is 2.00. The van der Waals surface area contributed by atoms with Crippen LogP contribution in [0.3, 0.4) is 0 Å². The summed E-state index contributed by atoms with van der Waals surface area (Å²) in [6.45, 7) is 11.0. The van der Waals surface area contributed by atoms with Crippen LogP contribution in [0, 0.1) is 17.8 Å². The van der Waals surface area contributed by atoms with Gasteiger partial charge in [0.2, 0.25) is 0 Å². The molecule has 0 aromatic rings. The molecule has 5 unspecified atom stereocenters. The number of rotatable bonds is 2. The van der Waals surface area contributed by atoms with Crippen molar-refractivity contribution in [3.05, 3.63) is 0 Å². The molecule has 0 spiro atoms. The Morgan fingerprint density at radius 3 is 2.11 bits per heavy atom. The molecule has 18 heavy (non-hydrogen) atoms. The van der Waals surface area contributed by atoms with Gasteiger partial charge in [0.25, 0.3) is 0 Å². The van der Waals surface area contributed by atoms with Crippen molar-refractivity contribution in [2.45, 2.75) is 71.5 Å². The van der Waals surface area contributed by atoms with Gasteiger partial charge in [-0.2, -0.15) is 0 Å². The summed E-state index contributed by atoms with van der Waals surface area (Å²) in [7, 11) is 2.12. The van der Waals surface area contributed by atoms with Gasteiger partial charge in [-0.15, -0.1) is 0 Å². The Bertz CT molecular complexity index is 256. The summed E-state index contributed by atoms with van der Waals surface area (Å²) in [4.78, 5) is 2.82. The lowest BCUT2D eigenvalue weighted by Gasteiger charge is -2.49. The van der Waals surface area contributed by atoms with Gasteiger partial charge in [0.1, 0.15) is 0 Å². The number of nitrogens with one attached hydrogen (secondary N) is 1. The molecule has 2 fully saturated rings. The summed E-state index contributed by atoms with van der Waals surface area (Å²) >= 11 is 0. The number of likely N-dealkylation sites (tertiary alicyclic amines) is 1. The quantitative estimate of drug-likeness (QED) is 0.812. The van der Waals surface area contributed by atoms with Crippen LogP contribution in [0.4, 0.5) is 0 Å². The highest BCUT2D eigenvalue weighted by molar-refractivity contribution is 4.93. The van der Waals surface area contributed by atoms with Gasteiger partial charge in [0.05, 0.1) is 0 Å². The minimum absolute atomic E-state index is 0.717. The van der Waals surface area contributed by atoms with E-state index in [0.717, 1.165) is 35.9 Å². The number of hydrogen-bond donors (Lipinski definition) is 1. The van der Waals surface area contributed by atoms with Crippen LogP contribution >= 0.6 is 0 Å². The van der Waals surface area contributed by atoms with Gasteiger partial charge in [-0.3, -0.25) is 4.90 Å². The molecule has 1 saturated heterocycles. The zero-order valence-electron chi connectivity index (χ0n) is 12.9. The van der Waals surface area contributed by atoms with Gasteiger partial charge in [-0.1, -0.05) is 20.8 Å². The molecule has 0 aromatic heterocycles. The summed E-state index contributed by atoms with van der Waals surface area (Å²) in [5, 5.41) is 3.50. The molecule has 1 heterocycles. The Hall–Kier alpha value is -0.0800. The molecule has 0 radical (unpaired) electrons. The van der Waals surface area contributed by atoms with Crippen LogP contribution in [0.5, 0.6) is 0 Å². The first kappa shape index (κ1) is 14.3. The maximum atomic E-state index is 3.50. The summed E-state index contributed by atoms with van der Waals surface area (Å²) in [5.74, 6) is 2.61. The zero-order valence-corrected chi connectivity index (χ0v) is 12.9. The number of nitrogens with zero attached hydrogens (tertiary/aromatic N) is 1. The van der Waals surface area contributed by atoms with Crippen molar-refractivity contribution in [3.8, 4) is 0 Å². The van der Waals surface area contributed by atoms with Crippen LogP contribution in [-0.4, -0.2) is 36.6 Å². The second-order valence-corrected chi connectivity index (χ2v) is 7.09. The van der Waals surface area contributed by atoms with E-state index in [0.29, 0.717) is 0 Å². The highest BCUT2D eigenvalue weighted by Crippen LogP contribution is 2.35. The number of hydrogen-bond acceptors (Lipinski definition) is 2. The van der Waals surface area contributed by atoms with E-state index in [1.54, 1.807) is 0 Å². The second kappa shape index (κ2) is 5.92. The summed E-state index contributed by atoms with van der Waals surface area (Å²) in [6, 6.07) is 2.30. The normalized spacial score (nSPS) is 47.2. The predicted molar refractivity (Wildman–Crippen MR) is 78.8 cm³/mol. The molecule has 1 aliphatic heterocycles. The first-order valence-electron chi connectivity index (χ1n) is 7.96. The molecule has 106 valence electrons. The van der Waals surface area contributed by atoms with Gasteiger partial charge in [-0.25, -0.2) is 0 Å². The van der Waals surface area contributed by atoms with Crippen molar-refractivity contribution in [2.75, 3.05) is 13.6 Å². The van der Waals surface area contributed by atoms with Crippen molar-refractivity contribution in [1.29, 1.82) is 0 Å². The van der Waals surface area contributed by atoms with Gasteiger partial charge in [-0.05, 0) is 57.4 Å². The molecule has 2 aliphatic rings. The Labute approximate surface area is 114 Å². The predicted octanol–water partition coefficient (Wildman–Crippen LogP) is 3.13. The van der Waals surface area contributed by atoms with Crippen LogP contribution in [0.15, 0.2) is 0 Å². The highest BCUT2D eigenvalue weighted by Gasteiger charge is 2.37. The number of piperidine rings is 1. The van der Waals surface area contributed by atoms with Crippen LogP contribution in [0.25, 0.3) is 0 Å². The summed E-state index contributed by atoms with van der Waals surface area (Å²) < 4.78 is 0. The fourth-order valence-electron chi connectivity index (χ4n) is 4.49. The van der Waals surface area contributed by atoms with Crippen molar-refractivity contribution in [2.24, 2.45) is 17.8 Å². The minimum atomic E-state index is 0.717. The molecule has 0 bridgehead atoms. The fourth-order valence-corrected chi connectivity index (χ4v) is 4.49. The van der Waals surface area contributed by atoms with E-state index in [2.05, 4.69) is 45.0 Å². The lowest BCUT2D eigenvalue weighted by Crippen LogP contribution is -2.56. The standard InChI is InChI=1S/C16H32N2/c1-11-8-12(2)10-15(9-11)18-7-6-16(17-5)13(3)14(18)4/h11-17H,6-10H2,1-5H3. The average Bonchev–Trinajstić information content (AvgIpc) is 2.31. The molecule has 2 heteroatoms. The van der Waals surface area contributed by atoms with Crippen molar-refractivity contribution < 1.29 is 0 Å². The maximum Gasteiger partial charge on any atom is 0.0117 e. The molecule has 1 saturated carbocycles. The minimum Gasteiger partial charge on any atom is -0.317 e. The third kappa shape index (κ3) is 2.91. The lowest BCUT2D eigenvalue weighted by atomic mass is 9.77. The van der Waals surface area contributed by atoms with Crippen LogP contribution in [0.1, 0.15) is 53.4 Å². The largest absolute Gasteiger partial charge is 0.317 e. The third-order valence-electron chi connectivity index (χ3n) is 5.61. The average molecular weight is 252 g/mol. The van der Waals surface area contributed by atoms with Crippen molar-refractivity contribution >= 4 is 0 Å². The first-order chi connectivity index (χ1) is 8.52. The third-order valence-corrected chi connectivity index (χ3v) is 5.61. The first-order valence-corrected chi connectivity index (χ1v) is 7.96. The Kier molecular flexibility index (Phi) is 4.71. The van der Waals surface area contributed by atoms with Gasteiger partial charge >= 0.3 is 0 Å². The zero-order chi connectivity index (χ0) is 13.3. The monoisotopic (exact) mass is 252 g/mol. The molecule has 1 N–H and O–H groups in total. The second-order valence-electron chi connectivity index (χ2n) is 7.09. The van der Waals surface area contributed by atoms with Crippen molar-refractivity contribution in [1.82, 2.24) is 10.2 Å². The molecular formula is C16H32N2. The molecule has 0 amide bonds. The van der Waals surface area contributed by atoms with E-state index in [1.165, 1.54) is 32.2 Å². The molecule has 2 nitrogen and oxygen atoms in total. The molecule has 2 rings (SSSR count). The van der Waals surface area contributed by atoms with Crippen LogP contribution in [-0.2, 0) is 0 Å². The van der Waals surface area contributed by atoms with E-state index in [1.807, 2.05) is 0 Å². The Morgan fingerprint density at radius 2 is 1.56 bits per heavy atom. The van der Waals surface area contributed by atoms with Gasteiger partial charge in [0, 0.05) is 24.7 Å². The fraction of sp³-hybridized carbons (Fsp3) is 1.00. The van der Waals surface area contributed by atoms with Crippen LogP contribution < -0.4 is 5.32 Å². The van der Waals surface area contributed by atoms with Crippen molar-refractivity contribution in [3.63, 3.8) is 0 Å². The van der Waals surface area contributed by atoms with E-state index >= 15 is 0 Å². The van der Waals surface area contributed by atoms with Crippen LogP contribution in [0.2, 0.25) is 0 Å². The smallest absolute Gasteiger partial charge is 0.0117 e. The topological polar surface area (TPSA) is 15.3 Å². The molecule has 5 atom stereocenters. The van der Waals surface area contributed by atoms with E-state index < -0.39 is 0 Å². The summed E-state index contributed by atoms with van der Waals surface area (Å²) in [5.41, 5.74) is 0. The Morgan fingerprint density at radius 1 is 0.944 bits per heavy atom. The lowest BCUT2D eigenvalue weighted by molar-refractivity contribution is 0.0158. The highest BCUT2D eigenvalue weighted by atomic mass is 15.2. The van der Waals surface area contributed by atoms with E-state index in [-0.39, 0.29) is 0 Å². The maximum absolute atomic E-state index is 3.50. The summed E-state index contributed by atoms with van der Waals surface area (Å²) in [6.07, 6.45) is 5.60. The van der Waals surface area contributed by atoms with E-state index in [9.17, 15) is 0 Å². The molecular weight excluding hydrogens is 220 g/mol. The molecule has 1 aliphatic carbocycles. The van der Waals surface area contributed by atoms with E-state index in [4.69, 9.17) is 0 Å². The van der Waals surface area contributed by atoms with Gasteiger partial charge < -0.3 is 5.32 Å². The molecule has 0 aromatic carbocycles.